The highest BCUT2D eigenvalue weighted by Crippen LogP contribution is 2.28. The first-order valence-corrected chi connectivity index (χ1v) is 3.19. The maximum absolute atomic E-state index is 3.24. The van der Waals surface area contributed by atoms with Crippen LogP contribution in [-0.2, 0) is 0 Å². The van der Waals surface area contributed by atoms with E-state index in [1.807, 2.05) is 6.92 Å². The van der Waals surface area contributed by atoms with Crippen LogP contribution in [0, 0.1) is 17.8 Å². The van der Waals surface area contributed by atoms with Crippen LogP contribution in [0.15, 0.2) is 0 Å². The van der Waals surface area contributed by atoms with Crippen molar-refractivity contribution in [2.24, 2.45) is 11.3 Å². The Morgan fingerprint density at radius 2 is 1.62 bits per heavy atom. The van der Waals surface area contributed by atoms with E-state index in [0.717, 1.165) is 0 Å². The molecule has 0 saturated heterocycles. The predicted molar refractivity (Wildman–Crippen MR) is 37.5 cm³/mol. The van der Waals surface area contributed by atoms with E-state index in [-0.39, 0.29) is 0 Å². The van der Waals surface area contributed by atoms with Gasteiger partial charge in [-0.2, -0.15) is 0 Å². The van der Waals surface area contributed by atoms with E-state index >= 15 is 0 Å². The van der Waals surface area contributed by atoms with Gasteiger partial charge in [0, 0.05) is 0 Å². The quantitative estimate of drug-likeness (QED) is 0.515. The van der Waals surface area contributed by atoms with Crippen molar-refractivity contribution >= 4 is 0 Å². The van der Waals surface area contributed by atoms with Gasteiger partial charge in [0.1, 0.15) is 0 Å². The van der Waals surface area contributed by atoms with E-state index in [1.54, 1.807) is 0 Å². The Kier molecular flexibility index (Phi) is 2.52. The topological polar surface area (TPSA) is 0 Å². The van der Waals surface area contributed by atoms with Gasteiger partial charge in [0.15, 0.2) is 0 Å². The Morgan fingerprint density at radius 3 is 1.62 bits per heavy atom. The van der Waals surface area contributed by atoms with Gasteiger partial charge in [-0.05, 0) is 17.8 Å². The largest absolute Gasteiger partial charge is 0.0622 e. The first kappa shape index (κ1) is 8.00. The molecule has 0 bridgehead atoms. The van der Waals surface area contributed by atoms with Gasteiger partial charge in [-0.15, -0.1) is 0 Å². The summed E-state index contributed by atoms with van der Waals surface area (Å²) in [6.45, 7) is 10.8. The summed E-state index contributed by atoms with van der Waals surface area (Å²) in [7, 11) is 0. The summed E-state index contributed by atoms with van der Waals surface area (Å²) in [4.78, 5) is 0. The van der Waals surface area contributed by atoms with Crippen LogP contribution in [0.1, 0.15) is 34.6 Å². The smallest absolute Gasteiger partial charge is 0.0143 e. The second-order valence-electron chi connectivity index (χ2n) is 3.13. The lowest BCUT2D eigenvalue weighted by molar-refractivity contribution is 0.304. The molecule has 0 aromatic rings. The fourth-order valence-electron chi connectivity index (χ4n) is 0.289. The zero-order valence-electron chi connectivity index (χ0n) is 6.58. The lowest BCUT2D eigenvalue weighted by Gasteiger charge is -2.26. The van der Waals surface area contributed by atoms with Crippen molar-refractivity contribution in [3.63, 3.8) is 0 Å². The van der Waals surface area contributed by atoms with E-state index in [0.29, 0.717) is 11.3 Å². The van der Waals surface area contributed by atoms with Crippen molar-refractivity contribution in [3.05, 3.63) is 6.42 Å². The monoisotopic (exact) mass is 112 g/mol. The molecule has 0 aliphatic heterocycles. The Hall–Kier alpha value is 0. The van der Waals surface area contributed by atoms with Gasteiger partial charge in [-0.3, -0.25) is 0 Å². The van der Waals surface area contributed by atoms with Gasteiger partial charge in [0.2, 0.25) is 0 Å². The lowest BCUT2D eigenvalue weighted by atomic mass is 9.79. The van der Waals surface area contributed by atoms with Gasteiger partial charge in [-0.25, -0.2) is 0 Å². The summed E-state index contributed by atoms with van der Waals surface area (Å²) < 4.78 is 0. The highest BCUT2D eigenvalue weighted by molar-refractivity contribution is 4.83. The highest BCUT2D eigenvalue weighted by atomic mass is 14.2. The lowest BCUT2D eigenvalue weighted by Crippen LogP contribution is -2.17. The third-order valence-electron chi connectivity index (χ3n) is 2.09. The van der Waals surface area contributed by atoms with Crippen molar-refractivity contribution in [1.82, 2.24) is 0 Å². The minimum absolute atomic E-state index is 0.292. The molecule has 0 fully saturated rings. The first-order chi connectivity index (χ1) is 3.50. The zero-order chi connectivity index (χ0) is 6.78. The van der Waals surface area contributed by atoms with Crippen molar-refractivity contribution in [2.45, 2.75) is 34.6 Å². The maximum atomic E-state index is 3.24. The molecule has 0 saturated carbocycles. The maximum Gasteiger partial charge on any atom is -0.0143 e. The highest BCUT2D eigenvalue weighted by Gasteiger charge is 2.19. The molecule has 0 heteroatoms. The van der Waals surface area contributed by atoms with E-state index in [1.165, 1.54) is 0 Å². The molecule has 0 amide bonds. The van der Waals surface area contributed by atoms with Gasteiger partial charge in [0.25, 0.3) is 0 Å². The molecular formula is C8H16. The van der Waals surface area contributed by atoms with Gasteiger partial charge in [0.05, 0.1) is 0 Å². The van der Waals surface area contributed by atoms with Crippen LogP contribution in [0.25, 0.3) is 0 Å². The van der Waals surface area contributed by atoms with Crippen LogP contribution in [0.2, 0.25) is 0 Å². The van der Waals surface area contributed by atoms with E-state index < -0.39 is 0 Å². The summed E-state index contributed by atoms with van der Waals surface area (Å²) in [5.41, 5.74) is 0.292. The molecule has 0 atom stereocenters. The van der Waals surface area contributed by atoms with Crippen molar-refractivity contribution in [1.29, 1.82) is 0 Å². The fraction of sp³-hybridized carbons (Fsp3) is 0.875. The van der Waals surface area contributed by atoms with Gasteiger partial charge >= 0.3 is 0 Å². The van der Waals surface area contributed by atoms with Crippen LogP contribution in [0.5, 0.6) is 0 Å². The standard InChI is InChI=1S/C8H16/c1-6-8(4,5)7(2)3/h7H,1-5H3. The minimum atomic E-state index is 0.292. The van der Waals surface area contributed by atoms with Crippen molar-refractivity contribution in [3.8, 4) is 0 Å². The molecule has 0 nitrogen and oxygen atoms in total. The molecule has 0 rings (SSSR count). The summed E-state index contributed by atoms with van der Waals surface area (Å²) in [5.74, 6) is 0.701. The van der Waals surface area contributed by atoms with E-state index in [4.69, 9.17) is 0 Å². The molecule has 0 aliphatic rings. The normalized spacial score (nSPS) is 12.8. The summed E-state index contributed by atoms with van der Waals surface area (Å²) >= 11 is 0. The Bertz CT molecular complexity index is 60.4. The van der Waals surface area contributed by atoms with Crippen molar-refractivity contribution < 1.29 is 0 Å². The summed E-state index contributed by atoms with van der Waals surface area (Å²) in [6, 6.07) is 0. The number of hydrogen-bond acceptors (Lipinski definition) is 0. The van der Waals surface area contributed by atoms with Crippen LogP contribution in [0.4, 0.5) is 0 Å². The van der Waals surface area contributed by atoms with E-state index in [9.17, 15) is 0 Å². The number of rotatable bonds is 2. The average Bonchev–Trinajstić information content (AvgIpc) is 1.67. The minimum Gasteiger partial charge on any atom is -0.0622 e. The molecule has 0 N–H and O–H groups in total. The second-order valence-corrected chi connectivity index (χ2v) is 3.13. The molecule has 48 valence electrons. The fourth-order valence-corrected chi connectivity index (χ4v) is 0.289. The zero-order valence-corrected chi connectivity index (χ0v) is 6.58. The Morgan fingerprint density at radius 1 is 1.25 bits per heavy atom. The molecule has 0 heterocycles. The molecule has 8 heavy (non-hydrogen) atoms. The van der Waals surface area contributed by atoms with Crippen LogP contribution < -0.4 is 0 Å². The van der Waals surface area contributed by atoms with Crippen molar-refractivity contribution in [2.75, 3.05) is 0 Å². The van der Waals surface area contributed by atoms with E-state index in [2.05, 4.69) is 34.1 Å². The van der Waals surface area contributed by atoms with Crippen LogP contribution >= 0.6 is 0 Å². The number of hydrogen-bond donors (Lipinski definition) is 0. The van der Waals surface area contributed by atoms with Gasteiger partial charge in [-0.1, -0.05) is 34.6 Å². The molecule has 0 aromatic heterocycles. The SMILES string of the molecule is C[C]C(C)(C)C(C)C. The summed E-state index contributed by atoms with van der Waals surface area (Å²) in [5, 5.41) is 0. The summed E-state index contributed by atoms with van der Waals surface area (Å²) in [6.07, 6.45) is 3.24. The molecule has 0 aliphatic carbocycles. The molecule has 0 spiro atoms. The predicted octanol–water partition coefficient (Wildman–Crippen LogP) is 2.77. The molecule has 0 unspecified atom stereocenters. The third-order valence-corrected chi connectivity index (χ3v) is 2.09. The second kappa shape index (κ2) is 2.52. The molecule has 2 radical (unpaired) electrons. The Balaban J connectivity index is 3.71. The van der Waals surface area contributed by atoms with Crippen LogP contribution in [-0.4, -0.2) is 0 Å². The molecular weight excluding hydrogens is 96.1 g/mol. The van der Waals surface area contributed by atoms with Gasteiger partial charge < -0.3 is 0 Å². The molecule has 0 aromatic carbocycles. The average molecular weight is 112 g/mol. The Labute approximate surface area is 53.3 Å². The van der Waals surface area contributed by atoms with Crippen LogP contribution in [0.3, 0.4) is 0 Å². The first-order valence-electron chi connectivity index (χ1n) is 3.19. The third kappa shape index (κ3) is 1.85.